The molecular weight excluding hydrogens is 374 g/mol. The van der Waals surface area contributed by atoms with Gasteiger partial charge in [-0.15, -0.1) is 0 Å². The maximum Gasteiger partial charge on any atom is 0.343 e. The molecule has 0 aromatic heterocycles. The highest BCUT2D eigenvalue weighted by Gasteiger charge is 2.32. The van der Waals surface area contributed by atoms with E-state index in [1.165, 1.54) is 16.6 Å². The lowest BCUT2D eigenvalue weighted by Gasteiger charge is -2.27. The molecule has 5 nitrogen and oxygen atoms in total. The van der Waals surface area contributed by atoms with Crippen LogP contribution in [0.4, 0.5) is 0 Å². The number of hydrogen-bond donors (Lipinski definition) is 0. The van der Waals surface area contributed by atoms with Crippen molar-refractivity contribution in [1.82, 2.24) is 4.31 Å². The second-order valence-corrected chi connectivity index (χ2v) is 8.14. The molecule has 28 heavy (non-hydrogen) atoms. The molecule has 0 spiro atoms. The highest BCUT2D eigenvalue weighted by atomic mass is 32.2. The highest BCUT2D eigenvalue weighted by Crippen LogP contribution is 2.34. The van der Waals surface area contributed by atoms with Crippen LogP contribution in [0.15, 0.2) is 96.0 Å². The smallest absolute Gasteiger partial charge is 0.343 e. The summed E-state index contributed by atoms with van der Waals surface area (Å²) in [5.74, 6) is -0.337. The highest BCUT2D eigenvalue weighted by molar-refractivity contribution is 7.89. The van der Waals surface area contributed by atoms with Crippen molar-refractivity contribution in [3.8, 4) is 0 Å². The number of fused-ring (bicyclic) bond motifs is 1. The zero-order valence-electron chi connectivity index (χ0n) is 14.9. The standard InChI is InChI=1S/C22H17NO4S/c24-22(18-11-5-2-6-12-18)27-20-16-23(15-17-9-3-1-4-10-17)28(25,26)21-14-8-7-13-19(20)21/h1-14,16H,15H2. The van der Waals surface area contributed by atoms with E-state index in [4.69, 9.17) is 4.74 Å². The minimum Gasteiger partial charge on any atom is -0.421 e. The molecule has 140 valence electrons. The van der Waals surface area contributed by atoms with Crippen molar-refractivity contribution in [2.45, 2.75) is 11.4 Å². The Labute approximate surface area is 163 Å². The monoisotopic (exact) mass is 391 g/mol. The van der Waals surface area contributed by atoms with Gasteiger partial charge in [0.25, 0.3) is 10.0 Å². The van der Waals surface area contributed by atoms with Gasteiger partial charge in [0.05, 0.1) is 23.2 Å². The summed E-state index contributed by atoms with van der Waals surface area (Å²) in [7, 11) is -3.75. The van der Waals surface area contributed by atoms with E-state index in [-0.39, 0.29) is 17.2 Å². The van der Waals surface area contributed by atoms with Crippen LogP contribution in [0, 0.1) is 0 Å². The van der Waals surface area contributed by atoms with Gasteiger partial charge < -0.3 is 4.74 Å². The SMILES string of the molecule is O=C(OC1=CN(Cc2ccccc2)S(=O)(=O)c2ccccc21)c1ccccc1. The van der Waals surface area contributed by atoms with E-state index < -0.39 is 16.0 Å². The minimum atomic E-state index is -3.75. The molecular formula is C22H17NO4S. The van der Waals surface area contributed by atoms with Gasteiger partial charge in [-0.1, -0.05) is 60.7 Å². The van der Waals surface area contributed by atoms with Crippen molar-refractivity contribution >= 4 is 21.8 Å². The molecule has 0 bridgehead atoms. The second kappa shape index (κ2) is 7.32. The van der Waals surface area contributed by atoms with Crippen molar-refractivity contribution in [3.63, 3.8) is 0 Å². The summed E-state index contributed by atoms with van der Waals surface area (Å²) in [5.41, 5.74) is 1.59. The van der Waals surface area contributed by atoms with Gasteiger partial charge in [-0.3, -0.25) is 4.31 Å². The molecule has 3 aromatic rings. The number of nitrogens with zero attached hydrogens (tertiary/aromatic N) is 1. The Kier molecular flexibility index (Phi) is 4.71. The summed E-state index contributed by atoms with van der Waals surface area (Å²) in [4.78, 5) is 12.6. The Hall–Kier alpha value is -3.38. The molecule has 3 aromatic carbocycles. The van der Waals surface area contributed by atoms with E-state index in [1.54, 1.807) is 48.5 Å². The normalized spacial score (nSPS) is 14.7. The van der Waals surface area contributed by atoms with Crippen molar-refractivity contribution in [2.75, 3.05) is 0 Å². The summed E-state index contributed by atoms with van der Waals surface area (Å²) in [6.07, 6.45) is 1.38. The number of carbonyl (C=O) groups is 1. The number of sulfonamides is 1. The van der Waals surface area contributed by atoms with Crippen LogP contribution in [0.5, 0.6) is 0 Å². The van der Waals surface area contributed by atoms with Crippen LogP contribution in [0.1, 0.15) is 21.5 Å². The fraction of sp³-hybridized carbons (Fsp3) is 0.0455. The molecule has 1 aliphatic heterocycles. The van der Waals surface area contributed by atoms with E-state index in [1.807, 2.05) is 30.3 Å². The lowest BCUT2D eigenvalue weighted by atomic mass is 10.1. The van der Waals surface area contributed by atoms with E-state index in [2.05, 4.69) is 0 Å². The van der Waals surface area contributed by atoms with Crippen molar-refractivity contribution < 1.29 is 17.9 Å². The summed E-state index contributed by atoms with van der Waals surface area (Å²) >= 11 is 0. The van der Waals surface area contributed by atoms with Crippen LogP contribution < -0.4 is 0 Å². The third kappa shape index (κ3) is 3.42. The molecule has 0 atom stereocenters. The molecule has 0 aliphatic carbocycles. The third-order valence-corrected chi connectivity index (χ3v) is 6.16. The van der Waals surface area contributed by atoms with Crippen molar-refractivity contribution in [2.24, 2.45) is 0 Å². The Morgan fingerprint density at radius 2 is 1.43 bits per heavy atom. The van der Waals surface area contributed by atoms with Gasteiger partial charge in [0, 0.05) is 5.56 Å². The molecule has 0 N–H and O–H groups in total. The maximum atomic E-state index is 13.1. The average molecular weight is 391 g/mol. The van der Waals surface area contributed by atoms with Crippen LogP contribution in [-0.2, 0) is 21.3 Å². The van der Waals surface area contributed by atoms with Gasteiger partial charge in [0.2, 0.25) is 0 Å². The lowest BCUT2D eigenvalue weighted by Crippen LogP contribution is -2.30. The summed E-state index contributed by atoms with van der Waals surface area (Å²) in [5, 5.41) is 0. The molecule has 1 heterocycles. The predicted octanol–water partition coefficient (Wildman–Crippen LogP) is 4.05. The molecule has 6 heteroatoms. The fourth-order valence-corrected chi connectivity index (χ4v) is 4.50. The first kappa shape index (κ1) is 18.0. The molecule has 1 aliphatic rings. The Morgan fingerprint density at radius 1 is 0.821 bits per heavy atom. The van der Waals surface area contributed by atoms with Gasteiger partial charge in [0.1, 0.15) is 0 Å². The first-order chi connectivity index (χ1) is 13.6. The maximum absolute atomic E-state index is 13.1. The Morgan fingerprint density at radius 3 is 2.14 bits per heavy atom. The van der Waals surface area contributed by atoms with Crippen LogP contribution >= 0.6 is 0 Å². The predicted molar refractivity (Wildman–Crippen MR) is 105 cm³/mol. The number of carbonyl (C=O) groups excluding carboxylic acids is 1. The summed E-state index contributed by atoms with van der Waals surface area (Å²) < 4.78 is 32.9. The van der Waals surface area contributed by atoms with Gasteiger partial charge >= 0.3 is 5.97 Å². The van der Waals surface area contributed by atoms with Crippen molar-refractivity contribution in [3.05, 3.63) is 108 Å². The average Bonchev–Trinajstić information content (AvgIpc) is 2.73. The Bertz CT molecular complexity index is 1140. The molecule has 4 rings (SSSR count). The molecule has 0 unspecified atom stereocenters. The first-order valence-electron chi connectivity index (χ1n) is 8.70. The van der Waals surface area contributed by atoms with Crippen molar-refractivity contribution in [1.29, 1.82) is 0 Å². The number of benzene rings is 3. The Balaban J connectivity index is 1.73. The third-order valence-electron chi connectivity index (χ3n) is 4.39. The van der Waals surface area contributed by atoms with E-state index >= 15 is 0 Å². The lowest BCUT2D eigenvalue weighted by molar-refractivity contribution is 0.0688. The number of hydrogen-bond acceptors (Lipinski definition) is 4. The number of ether oxygens (including phenoxy) is 1. The van der Waals surface area contributed by atoms with Gasteiger partial charge in [0.15, 0.2) is 5.76 Å². The summed E-state index contributed by atoms with van der Waals surface area (Å²) in [6, 6.07) is 24.4. The van der Waals surface area contributed by atoms with Crippen LogP contribution in [0.3, 0.4) is 0 Å². The molecule has 0 saturated heterocycles. The second-order valence-electron chi connectivity index (χ2n) is 6.28. The molecule has 0 fully saturated rings. The molecule has 0 saturated carbocycles. The zero-order valence-corrected chi connectivity index (χ0v) is 15.7. The number of esters is 1. The van der Waals surface area contributed by atoms with Crippen LogP contribution in [-0.4, -0.2) is 18.7 Å². The first-order valence-corrected chi connectivity index (χ1v) is 10.1. The van der Waals surface area contributed by atoms with Gasteiger partial charge in [-0.05, 0) is 29.8 Å². The van der Waals surface area contributed by atoms with Crippen LogP contribution in [0.2, 0.25) is 0 Å². The zero-order chi connectivity index (χ0) is 19.6. The van der Waals surface area contributed by atoms with Gasteiger partial charge in [-0.25, -0.2) is 13.2 Å². The van der Waals surface area contributed by atoms with Crippen LogP contribution in [0.25, 0.3) is 5.76 Å². The quantitative estimate of drug-likeness (QED) is 0.630. The topological polar surface area (TPSA) is 63.7 Å². The molecule has 0 amide bonds. The number of rotatable bonds is 4. The molecule has 0 radical (unpaired) electrons. The van der Waals surface area contributed by atoms with Gasteiger partial charge in [-0.2, -0.15) is 0 Å². The largest absolute Gasteiger partial charge is 0.421 e. The van der Waals surface area contributed by atoms with E-state index in [0.29, 0.717) is 11.1 Å². The minimum absolute atomic E-state index is 0.115. The van der Waals surface area contributed by atoms with E-state index in [9.17, 15) is 13.2 Å². The fourth-order valence-electron chi connectivity index (χ4n) is 3.00. The van der Waals surface area contributed by atoms with E-state index in [0.717, 1.165) is 5.56 Å². The summed E-state index contributed by atoms with van der Waals surface area (Å²) in [6.45, 7) is 0.143.